The second kappa shape index (κ2) is 5.95. The number of carbonyl (C=O) groups excluding carboxylic acids is 1. The van der Waals surface area contributed by atoms with Crippen LogP contribution in [0.15, 0.2) is 6.07 Å². The Bertz CT molecular complexity index is 592. The molecule has 20 heavy (non-hydrogen) atoms. The zero-order valence-corrected chi connectivity index (χ0v) is 12.7. The topological polar surface area (TPSA) is 81.1 Å². The van der Waals surface area contributed by atoms with Crippen molar-refractivity contribution in [2.24, 2.45) is 13.0 Å². The minimum Gasteiger partial charge on any atom is -0.311 e. The van der Waals surface area contributed by atoms with Crippen LogP contribution < -0.4 is 5.32 Å². The first-order chi connectivity index (χ1) is 9.39. The SMILES string of the molecule is CCc1cc(NC(=O)CC2CCCS(=O)(=O)C2)n(C)n1. The molecule has 1 fully saturated rings. The summed E-state index contributed by atoms with van der Waals surface area (Å²) in [4.78, 5) is 12.0. The number of amides is 1. The highest BCUT2D eigenvalue weighted by Crippen LogP contribution is 2.22. The Morgan fingerprint density at radius 2 is 2.30 bits per heavy atom. The Labute approximate surface area is 119 Å². The van der Waals surface area contributed by atoms with Gasteiger partial charge in [-0.25, -0.2) is 8.42 Å². The van der Waals surface area contributed by atoms with Gasteiger partial charge in [-0.1, -0.05) is 6.92 Å². The van der Waals surface area contributed by atoms with Crippen molar-refractivity contribution >= 4 is 21.6 Å². The number of rotatable bonds is 4. The van der Waals surface area contributed by atoms with Gasteiger partial charge in [-0.3, -0.25) is 9.48 Å². The molecule has 1 atom stereocenters. The third-order valence-corrected chi connectivity index (χ3v) is 5.48. The molecule has 1 aromatic heterocycles. The standard InChI is InChI=1S/C13H21N3O3S/c1-3-11-8-12(16(2)15-11)14-13(17)7-10-5-4-6-20(18,19)9-10/h8,10H,3-7,9H2,1-2H3,(H,14,17). The summed E-state index contributed by atoms with van der Waals surface area (Å²) in [5, 5.41) is 7.06. The molecular weight excluding hydrogens is 278 g/mol. The fourth-order valence-corrected chi connectivity index (χ4v) is 4.33. The van der Waals surface area contributed by atoms with Crippen LogP contribution >= 0.6 is 0 Å². The van der Waals surface area contributed by atoms with E-state index >= 15 is 0 Å². The second-order valence-electron chi connectivity index (χ2n) is 5.37. The summed E-state index contributed by atoms with van der Waals surface area (Å²) >= 11 is 0. The van der Waals surface area contributed by atoms with Crippen molar-refractivity contribution in [1.82, 2.24) is 9.78 Å². The van der Waals surface area contributed by atoms with Crippen molar-refractivity contribution in [1.29, 1.82) is 0 Å². The highest BCUT2D eigenvalue weighted by Gasteiger charge is 2.26. The lowest BCUT2D eigenvalue weighted by atomic mass is 10.0. The summed E-state index contributed by atoms with van der Waals surface area (Å²) in [7, 11) is -1.18. The van der Waals surface area contributed by atoms with Crippen LogP contribution in [0.4, 0.5) is 5.82 Å². The number of nitrogens with zero attached hydrogens (tertiary/aromatic N) is 2. The molecule has 0 bridgehead atoms. The van der Waals surface area contributed by atoms with E-state index in [1.165, 1.54) is 0 Å². The molecule has 0 radical (unpaired) electrons. The number of anilines is 1. The Hall–Kier alpha value is -1.37. The van der Waals surface area contributed by atoms with Crippen LogP contribution in [0.1, 0.15) is 31.9 Å². The predicted octanol–water partition coefficient (Wildman–Crippen LogP) is 1.14. The van der Waals surface area contributed by atoms with Crippen molar-refractivity contribution in [3.63, 3.8) is 0 Å². The number of hydrogen-bond donors (Lipinski definition) is 1. The summed E-state index contributed by atoms with van der Waals surface area (Å²) in [5.74, 6) is 0.842. The maximum Gasteiger partial charge on any atom is 0.225 e. The fourth-order valence-electron chi connectivity index (χ4n) is 2.55. The van der Waals surface area contributed by atoms with Gasteiger partial charge in [0.15, 0.2) is 9.84 Å². The predicted molar refractivity (Wildman–Crippen MR) is 77.2 cm³/mol. The van der Waals surface area contributed by atoms with Crippen molar-refractivity contribution in [3.8, 4) is 0 Å². The molecule has 1 aliphatic rings. The van der Waals surface area contributed by atoms with Crippen LogP contribution in [0.3, 0.4) is 0 Å². The van der Waals surface area contributed by atoms with E-state index in [9.17, 15) is 13.2 Å². The second-order valence-corrected chi connectivity index (χ2v) is 7.60. The molecule has 1 aromatic rings. The third-order valence-electron chi connectivity index (χ3n) is 3.59. The molecule has 7 heteroatoms. The number of aryl methyl sites for hydroxylation is 2. The third kappa shape index (κ3) is 3.82. The van der Waals surface area contributed by atoms with E-state index in [0.29, 0.717) is 12.2 Å². The van der Waals surface area contributed by atoms with Crippen LogP contribution in [-0.4, -0.2) is 35.6 Å². The number of aromatic nitrogens is 2. The Balaban J connectivity index is 1.93. The molecular formula is C13H21N3O3S. The van der Waals surface area contributed by atoms with E-state index in [2.05, 4.69) is 10.4 Å². The Morgan fingerprint density at radius 3 is 2.90 bits per heavy atom. The van der Waals surface area contributed by atoms with Gasteiger partial charge in [0.05, 0.1) is 17.2 Å². The van der Waals surface area contributed by atoms with E-state index in [0.717, 1.165) is 18.5 Å². The fraction of sp³-hybridized carbons (Fsp3) is 0.692. The zero-order chi connectivity index (χ0) is 14.8. The van der Waals surface area contributed by atoms with Crippen LogP contribution in [0.25, 0.3) is 0 Å². The van der Waals surface area contributed by atoms with Crippen LogP contribution in [0, 0.1) is 5.92 Å². The summed E-state index contributed by atoms with van der Waals surface area (Å²) in [6.45, 7) is 2.00. The minimum absolute atomic E-state index is 0.0624. The van der Waals surface area contributed by atoms with E-state index in [-0.39, 0.29) is 29.8 Å². The van der Waals surface area contributed by atoms with Crippen LogP contribution in [-0.2, 0) is 28.1 Å². The summed E-state index contributed by atoms with van der Waals surface area (Å²) < 4.78 is 24.7. The molecule has 1 N–H and O–H groups in total. The smallest absolute Gasteiger partial charge is 0.225 e. The average Bonchev–Trinajstić information content (AvgIpc) is 2.68. The van der Waals surface area contributed by atoms with E-state index in [4.69, 9.17) is 0 Å². The quantitative estimate of drug-likeness (QED) is 0.904. The molecule has 2 rings (SSSR count). The summed E-state index contributed by atoms with van der Waals surface area (Å²) in [6.07, 6.45) is 2.53. The van der Waals surface area contributed by atoms with Crippen LogP contribution in [0.2, 0.25) is 0 Å². The molecule has 0 saturated carbocycles. The molecule has 0 aromatic carbocycles. The van der Waals surface area contributed by atoms with Gasteiger partial charge in [0, 0.05) is 19.5 Å². The molecule has 2 heterocycles. The van der Waals surface area contributed by atoms with E-state index < -0.39 is 9.84 Å². The van der Waals surface area contributed by atoms with Crippen molar-refractivity contribution < 1.29 is 13.2 Å². The van der Waals surface area contributed by atoms with Gasteiger partial charge in [0.2, 0.25) is 5.91 Å². The van der Waals surface area contributed by atoms with Crippen molar-refractivity contribution in [3.05, 3.63) is 11.8 Å². The van der Waals surface area contributed by atoms with E-state index in [1.807, 2.05) is 13.0 Å². The van der Waals surface area contributed by atoms with Gasteiger partial charge in [0.25, 0.3) is 0 Å². The maximum absolute atomic E-state index is 12.0. The monoisotopic (exact) mass is 299 g/mol. The Kier molecular flexibility index (Phi) is 4.47. The summed E-state index contributed by atoms with van der Waals surface area (Å²) in [6, 6.07) is 1.84. The number of carbonyl (C=O) groups is 1. The van der Waals surface area contributed by atoms with Gasteiger partial charge in [-0.15, -0.1) is 0 Å². The molecule has 1 aliphatic heterocycles. The van der Waals surface area contributed by atoms with Crippen LogP contribution in [0.5, 0.6) is 0 Å². The molecule has 0 aliphatic carbocycles. The molecule has 0 spiro atoms. The first-order valence-corrected chi connectivity index (χ1v) is 8.75. The first-order valence-electron chi connectivity index (χ1n) is 6.93. The zero-order valence-electron chi connectivity index (χ0n) is 11.9. The average molecular weight is 299 g/mol. The highest BCUT2D eigenvalue weighted by molar-refractivity contribution is 7.91. The highest BCUT2D eigenvalue weighted by atomic mass is 32.2. The molecule has 6 nitrogen and oxygen atoms in total. The van der Waals surface area contributed by atoms with E-state index in [1.54, 1.807) is 11.7 Å². The summed E-state index contributed by atoms with van der Waals surface area (Å²) in [5.41, 5.74) is 0.919. The lowest BCUT2D eigenvalue weighted by Crippen LogP contribution is -2.28. The molecule has 1 unspecified atom stereocenters. The number of nitrogens with one attached hydrogen (secondary N) is 1. The van der Waals surface area contributed by atoms with Gasteiger partial charge >= 0.3 is 0 Å². The molecule has 1 amide bonds. The molecule has 1 saturated heterocycles. The van der Waals surface area contributed by atoms with Gasteiger partial charge < -0.3 is 5.32 Å². The minimum atomic E-state index is -2.96. The van der Waals surface area contributed by atoms with Gasteiger partial charge in [-0.2, -0.15) is 5.10 Å². The normalized spacial score (nSPS) is 21.6. The van der Waals surface area contributed by atoms with Gasteiger partial charge in [-0.05, 0) is 25.2 Å². The lowest BCUT2D eigenvalue weighted by molar-refractivity contribution is -0.117. The number of sulfone groups is 1. The molecule has 112 valence electrons. The van der Waals surface area contributed by atoms with Crippen molar-refractivity contribution in [2.45, 2.75) is 32.6 Å². The number of hydrogen-bond acceptors (Lipinski definition) is 4. The maximum atomic E-state index is 12.0. The lowest BCUT2D eigenvalue weighted by Gasteiger charge is -2.21. The van der Waals surface area contributed by atoms with Gasteiger partial charge in [0.1, 0.15) is 5.82 Å². The largest absolute Gasteiger partial charge is 0.311 e. The van der Waals surface area contributed by atoms with Crippen molar-refractivity contribution in [2.75, 3.05) is 16.8 Å². The Morgan fingerprint density at radius 1 is 1.55 bits per heavy atom. The first kappa shape index (κ1) is 15.0.